The lowest BCUT2D eigenvalue weighted by atomic mass is 9.99. The number of hydrogen-bond acceptors (Lipinski definition) is 3. The van der Waals surface area contributed by atoms with E-state index in [1.54, 1.807) is 0 Å². The van der Waals surface area contributed by atoms with Gasteiger partial charge in [-0.15, -0.1) is 11.3 Å². The number of hydrazine groups is 1. The number of aryl methyl sites for hydroxylation is 3. The molecule has 1 aromatic heterocycles. The number of nitrogens with two attached hydrogens (primary N) is 1. The molecule has 0 fully saturated rings. The van der Waals surface area contributed by atoms with Crippen molar-refractivity contribution in [3.8, 4) is 0 Å². The summed E-state index contributed by atoms with van der Waals surface area (Å²) in [6.07, 6.45) is 3.08. The van der Waals surface area contributed by atoms with Crippen LogP contribution in [-0.4, -0.2) is 6.04 Å². The van der Waals surface area contributed by atoms with Crippen molar-refractivity contribution in [2.24, 2.45) is 5.84 Å². The lowest BCUT2D eigenvalue weighted by molar-refractivity contribution is 0.525. The van der Waals surface area contributed by atoms with Crippen molar-refractivity contribution in [1.29, 1.82) is 0 Å². The number of nitrogens with one attached hydrogen (secondary N) is 1. The van der Waals surface area contributed by atoms with Crippen LogP contribution in [0.4, 0.5) is 0 Å². The van der Waals surface area contributed by atoms with Crippen molar-refractivity contribution in [2.75, 3.05) is 0 Å². The van der Waals surface area contributed by atoms with Crippen molar-refractivity contribution >= 4 is 11.3 Å². The highest BCUT2D eigenvalue weighted by atomic mass is 32.1. The highest BCUT2D eigenvalue weighted by Gasteiger charge is 2.11. The van der Waals surface area contributed by atoms with E-state index < -0.39 is 0 Å². The van der Waals surface area contributed by atoms with E-state index >= 15 is 0 Å². The third kappa shape index (κ3) is 4.17. The van der Waals surface area contributed by atoms with Gasteiger partial charge in [0.05, 0.1) is 0 Å². The van der Waals surface area contributed by atoms with E-state index in [2.05, 4.69) is 56.5 Å². The van der Waals surface area contributed by atoms with Gasteiger partial charge in [0, 0.05) is 15.8 Å². The van der Waals surface area contributed by atoms with E-state index in [-0.39, 0.29) is 0 Å². The van der Waals surface area contributed by atoms with Gasteiger partial charge in [0.25, 0.3) is 0 Å². The zero-order valence-corrected chi connectivity index (χ0v) is 13.4. The lowest BCUT2D eigenvalue weighted by Crippen LogP contribution is -2.38. The molecule has 0 aliphatic heterocycles. The number of rotatable bonds is 6. The zero-order valence-electron chi connectivity index (χ0n) is 12.6. The molecule has 0 saturated carbocycles. The number of hydrogen-bond donors (Lipinski definition) is 2. The molecule has 2 nitrogen and oxygen atoms in total. The van der Waals surface area contributed by atoms with Gasteiger partial charge in [-0.3, -0.25) is 11.3 Å². The van der Waals surface area contributed by atoms with Gasteiger partial charge in [0.1, 0.15) is 0 Å². The Kier molecular flexibility index (Phi) is 5.35. The Hall–Kier alpha value is -1.16. The Morgan fingerprint density at radius 3 is 2.25 bits per heavy atom. The van der Waals surface area contributed by atoms with Crippen molar-refractivity contribution < 1.29 is 0 Å². The maximum Gasteiger partial charge on any atom is 0.0299 e. The molecule has 1 unspecified atom stereocenters. The Labute approximate surface area is 126 Å². The monoisotopic (exact) mass is 288 g/mol. The molecule has 0 saturated heterocycles. The zero-order chi connectivity index (χ0) is 14.5. The van der Waals surface area contributed by atoms with Crippen LogP contribution in [0.15, 0.2) is 30.3 Å². The fraction of sp³-hybridized carbons (Fsp3) is 0.412. The van der Waals surface area contributed by atoms with Gasteiger partial charge in [-0.1, -0.05) is 36.2 Å². The molecular formula is C17H24N2S. The highest BCUT2D eigenvalue weighted by Crippen LogP contribution is 2.20. The summed E-state index contributed by atoms with van der Waals surface area (Å²) in [6, 6.07) is 11.5. The molecule has 3 heteroatoms. The van der Waals surface area contributed by atoms with Crippen LogP contribution in [0.25, 0.3) is 0 Å². The van der Waals surface area contributed by atoms with Gasteiger partial charge < -0.3 is 0 Å². The third-order valence-electron chi connectivity index (χ3n) is 3.51. The standard InChI is InChI=1S/C17H24N2S/c1-4-16-5-6-17(20-16)11-15(19-18)10-14-8-12(2)7-13(3)9-14/h5-9,15,19H,4,10-11,18H2,1-3H3. The first-order chi connectivity index (χ1) is 9.60. The molecule has 1 atom stereocenters. The van der Waals surface area contributed by atoms with Gasteiger partial charge >= 0.3 is 0 Å². The first kappa shape index (κ1) is 15.2. The largest absolute Gasteiger partial charge is 0.271 e. The van der Waals surface area contributed by atoms with Crippen LogP contribution in [0, 0.1) is 13.8 Å². The van der Waals surface area contributed by atoms with Crippen molar-refractivity contribution in [3.63, 3.8) is 0 Å². The van der Waals surface area contributed by atoms with Crippen LogP contribution in [0.3, 0.4) is 0 Å². The van der Waals surface area contributed by atoms with E-state index in [4.69, 9.17) is 5.84 Å². The number of thiophene rings is 1. The van der Waals surface area contributed by atoms with Crippen molar-refractivity contribution in [3.05, 3.63) is 56.8 Å². The Morgan fingerprint density at radius 2 is 1.70 bits per heavy atom. The molecule has 2 rings (SSSR count). The summed E-state index contributed by atoms with van der Waals surface area (Å²) in [7, 11) is 0. The van der Waals surface area contributed by atoms with Crippen LogP contribution >= 0.6 is 11.3 Å². The van der Waals surface area contributed by atoms with Crippen molar-refractivity contribution in [1.82, 2.24) is 5.43 Å². The first-order valence-electron chi connectivity index (χ1n) is 7.21. The Bertz CT molecular complexity index is 540. The molecule has 3 N–H and O–H groups in total. The van der Waals surface area contributed by atoms with Crippen LogP contribution in [0.2, 0.25) is 0 Å². The predicted molar refractivity (Wildman–Crippen MR) is 88.1 cm³/mol. The minimum absolute atomic E-state index is 0.291. The topological polar surface area (TPSA) is 38.0 Å². The summed E-state index contributed by atoms with van der Waals surface area (Å²) in [5.41, 5.74) is 6.97. The summed E-state index contributed by atoms with van der Waals surface area (Å²) < 4.78 is 0. The van der Waals surface area contributed by atoms with Crippen LogP contribution in [0.5, 0.6) is 0 Å². The molecule has 0 aliphatic carbocycles. The van der Waals surface area contributed by atoms with E-state index in [9.17, 15) is 0 Å². The molecule has 108 valence electrons. The van der Waals surface area contributed by atoms with Crippen LogP contribution in [-0.2, 0) is 19.3 Å². The maximum absolute atomic E-state index is 5.74. The van der Waals surface area contributed by atoms with E-state index in [1.165, 1.54) is 26.4 Å². The number of benzene rings is 1. The van der Waals surface area contributed by atoms with Crippen LogP contribution in [0.1, 0.15) is 33.4 Å². The second kappa shape index (κ2) is 7.02. The maximum atomic E-state index is 5.74. The van der Waals surface area contributed by atoms with Crippen LogP contribution < -0.4 is 11.3 Å². The minimum atomic E-state index is 0.291. The Morgan fingerprint density at radius 1 is 1.05 bits per heavy atom. The molecule has 1 heterocycles. The highest BCUT2D eigenvalue weighted by molar-refractivity contribution is 7.11. The smallest absolute Gasteiger partial charge is 0.0299 e. The molecule has 1 aromatic carbocycles. The minimum Gasteiger partial charge on any atom is -0.271 e. The van der Waals surface area contributed by atoms with Gasteiger partial charge in [-0.05, 0) is 50.8 Å². The first-order valence-corrected chi connectivity index (χ1v) is 8.03. The molecule has 0 aliphatic rings. The predicted octanol–water partition coefficient (Wildman–Crippen LogP) is 3.54. The van der Waals surface area contributed by atoms with E-state index in [0.717, 1.165) is 19.3 Å². The average molecular weight is 288 g/mol. The summed E-state index contributed by atoms with van der Waals surface area (Å²) in [5.74, 6) is 5.74. The SMILES string of the molecule is CCc1ccc(CC(Cc2cc(C)cc(C)c2)NN)s1. The summed E-state index contributed by atoms with van der Waals surface area (Å²) in [6.45, 7) is 6.49. The molecule has 0 amide bonds. The molecule has 2 aromatic rings. The fourth-order valence-corrected chi connectivity index (χ4v) is 3.66. The summed E-state index contributed by atoms with van der Waals surface area (Å²) >= 11 is 1.90. The lowest BCUT2D eigenvalue weighted by Gasteiger charge is -2.16. The van der Waals surface area contributed by atoms with Gasteiger partial charge in [-0.25, -0.2) is 0 Å². The van der Waals surface area contributed by atoms with Gasteiger partial charge in [0.2, 0.25) is 0 Å². The second-order valence-electron chi connectivity index (χ2n) is 5.49. The van der Waals surface area contributed by atoms with Gasteiger partial charge in [-0.2, -0.15) is 0 Å². The normalized spacial score (nSPS) is 12.6. The average Bonchev–Trinajstić information content (AvgIpc) is 2.84. The third-order valence-corrected chi connectivity index (χ3v) is 4.76. The van der Waals surface area contributed by atoms with Crippen molar-refractivity contribution in [2.45, 2.75) is 46.1 Å². The molecular weight excluding hydrogens is 264 g/mol. The van der Waals surface area contributed by atoms with E-state index in [1.807, 2.05) is 11.3 Å². The molecule has 20 heavy (non-hydrogen) atoms. The van der Waals surface area contributed by atoms with E-state index in [0.29, 0.717) is 6.04 Å². The fourth-order valence-electron chi connectivity index (χ4n) is 2.63. The Balaban J connectivity index is 2.04. The second-order valence-corrected chi connectivity index (χ2v) is 6.74. The quantitative estimate of drug-likeness (QED) is 0.630. The molecule has 0 radical (unpaired) electrons. The molecule has 0 bridgehead atoms. The summed E-state index contributed by atoms with van der Waals surface area (Å²) in [5, 5.41) is 0. The van der Waals surface area contributed by atoms with Gasteiger partial charge in [0.15, 0.2) is 0 Å². The molecule has 0 spiro atoms. The summed E-state index contributed by atoms with van der Waals surface area (Å²) in [4.78, 5) is 2.86.